The number of nitrogens with zero attached hydrogens (tertiary/aromatic N) is 1. The average Bonchev–Trinajstić information content (AvgIpc) is 3.30. The molecule has 1 aliphatic heterocycles. The van der Waals surface area contributed by atoms with Crippen LogP contribution in [0.5, 0.6) is 0 Å². The Hall–Kier alpha value is -1.83. The molecule has 0 atom stereocenters. The van der Waals surface area contributed by atoms with Gasteiger partial charge in [-0.05, 0) is 62.5 Å². The minimum atomic E-state index is -0.306. The highest BCUT2D eigenvalue weighted by Crippen LogP contribution is 2.29. The fraction of sp³-hybridized carbons (Fsp3) is 0.474. The first-order valence-corrected chi connectivity index (χ1v) is 9.85. The molecule has 3 heterocycles. The summed E-state index contributed by atoms with van der Waals surface area (Å²) < 4.78 is 5.10. The van der Waals surface area contributed by atoms with Crippen LogP contribution in [0.15, 0.2) is 28.9 Å². The number of rotatable bonds is 6. The van der Waals surface area contributed by atoms with Crippen molar-refractivity contribution in [1.82, 2.24) is 10.2 Å². The molecule has 1 saturated heterocycles. The average molecular weight is 412 g/mol. The Morgan fingerprint density at radius 1 is 1.33 bits per heavy atom. The number of anilines is 1. The monoisotopic (exact) mass is 411 g/mol. The van der Waals surface area contributed by atoms with Crippen molar-refractivity contribution in [2.75, 3.05) is 31.5 Å². The van der Waals surface area contributed by atoms with Crippen molar-refractivity contribution in [2.45, 2.75) is 26.7 Å². The number of furan rings is 1. The summed E-state index contributed by atoms with van der Waals surface area (Å²) in [6.07, 6.45) is 3.53. The van der Waals surface area contributed by atoms with Crippen LogP contribution in [0.2, 0.25) is 0 Å². The third-order valence-corrected chi connectivity index (χ3v) is 5.82. The van der Waals surface area contributed by atoms with E-state index in [4.69, 9.17) is 4.42 Å². The Bertz CT molecular complexity index is 752. The van der Waals surface area contributed by atoms with E-state index in [9.17, 15) is 9.59 Å². The predicted octanol–water partition coefficient (Wildman–Crippen LogP) is 3.79. The van der Waals surface area contributed by atoms with Crippen LogP contribution in [-0.2, 0) is 0 Å². The zero-order chi connectivity index (χ0) is 18.5. The molecule has 1 aliphatic rings. The maximum atomic E-state index is 12.9. The summed E-state index contributed by atoms with van der Waals surface area (Å²) in [5.74, 6) is 0.658. The zero-order valence-electron chi connectivity index (χ0n) is 15.6. The van der Waals surface area contributed by atoms with Crippen molar-refractivity contribution in [1.29, 1.82) is 0 Å². The molecule has 0 aromatic carbocycles. The highest BCUT2D eigenvalue weighted by Gasteiger charge is 2.26. The van der Waals surface area contributed by atoms with Crippen LogP contribution in [0.4, 0.5) is 5.00 Å². The Labute approximate surface area is 169 Å². The quantitative estimate of drug-likeness (QED) is 0.758. The summed E-state index contributed by atoms with van der Waals surface area (Å²) in [5.41, 5.74) is 0.893. The molecule has 0 unspecified atom stereocenters. The number of hydrogen-bond acceptors (Lipinski definition) is 5. The highest BCUT2D eigenvalue weighted by atomic mass is 35.5. The first-order valence-electron chi connectivity index (χ1n) is 9.03. The summed E-state index contributed by atoms with van der Waals surface area (Å²) in [7, 11) is 0. The van der Waals surface area contributed by atoms with Gasteiger partial charge in [0.2, 0.25) is 0 Å². The number of carbonyl (C=O) groups excluding carboxylic acids is 2. The SMILES string of the molecule is CCNCC1CCN(C(=O)c2sc(NC(=O)c3ccco3)cc2C)CC1.Cl. The van der Waals surface area contributed by atoms with Crippen LogP contribution < -0.4 is 10.6 Å². The van der Waals surface area contributed by atoms with E-state index in [1.54, 1.807) is 12.1 Å². The molecule has 2 N–H and O–H groups in total. The maximum absolute atomic E-state index is 12.9. The second kappa shape index (κ2) is 9.92. The summed E-state index contributed by atoms with van der Waals surface area (Å²) in [6, 6.07) is 5.12. The topological polar surface area (TPSA) is 74.6 Å². The third-order valence-electron chi connectivity index (χ3n) is 4.68. The molecule has 8 heteroatoms. The molecule has 0 aliphatic carbocycles. The first kappa shape index (κ1) is 21.5. The van der Waals surface area contributed by atoms with Gasteiger partial charge in [-0.1, -0.05) is 6.92 Å². The third kappa shape index (κ3) is 5.34. The summed E-state index contributed by atoms with van der Waals surface area (Å²) in [4.78, 5) is 27.6. The standard InChI is InChI=1S/C19H25N3O3S.ClH/c1-3-20-12-14-6-8-22(9-7-14)19(24)17-13(2)11-16(26-17)21-18(23)15-5-4-10-25-15;/h4-5,10-11,14,20H,3,6-9,12H2,1-2H3,(H,21,23);1H. The van der Waals surface area contributed by atoms with Gasteiger partial charge in [0.05, 0.1) is 16.1 Å². The van der Waals surface area contributed by atoms with Crippen LogP contribution in [0.25, 0.3) is 0 Å². The van der Waals surface area contributed by atoms with Gasteiger partial charge in [-0.3, -0.25) is 9.59 Å². The van der Waals surface area contributed by atoms with Crippen molar-refractivity contribution >= 4 is 40.6 Å². The van der Waals surface area contributed by atoms with Gasteiger partial charge < -0.3 is 20.0 Å². The molecule has 0 spiro atoms. The van der Waals surface area contributed by atoms with Crippen LogP contribution in [0.3, 0.4) is 0 Å². The number of hydrogen-bond donors (Lipinski definition) is 2. The van der Waals surface area contributed by atoms with Gasteiger partial charge in [-0.2, -0.15) is 0 Å². The predicted molar refractivity (Wildman–Crippen MR) is 110 cm³/mol. The highest BCUT2D eigenvalue weighted by molar-refractivity contribution is 7.18. The molecule has 2 amide bonds. The summed E-state index contributed by atoms with van der Waals surface area (Å²) >= 11 is 1.32. The minimum absolute atomic E-state index is 0. The fourth-order valence-corrected chi connectivity index (χ4v) is 4.21. The van der Waals surface area contributed by atoms with Crippen molar-refractivity contribution in [2.24, 2.45) is 5.92 Å². The lowest BCUT2D eigenvalue weighted by Gasteiger charge is -2.32. The van der Waals surface area contributed by atoms with E-state index in [1.807, 2.05) is 17.9 Å². The summed E-state index contributed by atoms with van der Waals surface area (Å²) in [5, 5.41) is 6.85. The lowest BCUT2D eigenvalue weighted by molar-refractivity contribution is 0.0694. The van der Waals surface area contributed by atoms with E-state index in [0.717, 1.165) is 44.6 Å². The number of likely N-dealkylation sites (tertiary alicyclic amines) is 1. The molecular formula is C19H26ClN3O3S. The zero-order valence-corrected chi connectivity index (χ0v) is 17.3. The van der Waals surface area contributed by atoms with Gasteiger partial charge in [0, 0.05) is 13.1 Å². The molecule has 3 rings (SSSR count). The number of nitrogens with one attached hydrogen (secondary N) is 2. The lowest BCUT2D eigenvalue weighted by Crippen LogP contribution is -2.40. The van der Waals surface area contributed by atoms with Gasteiger partial charge in [-0.25, -0.2) is 0 Å². The van der Waals surface area contributed by atoms with Crippen molar-refractivity contribution < 1.29 is 14.0 Å². The van der Waals surface area contributed by atoms with Crippen LogP contribution in [-0.4, -0.2) is 42.9 Å². The van der Waals surface area contributed by atoms with Crippen molar-refractivity contribution in [3.05, 3.63) is 40.7 Å². The van der Waals surface area contributed by atoms with Crippen LogP contribution in [0.1, 0.15) is 45.6 Å². The largest absolute Gasteiger partial charge is 0.459 e. The van der Waals surface area contributed by atoms with Crippen molar-refractivity contribution in [3.8, 4) is 0 Å². The van der Waals surface area contributed by atoms with E-state index >= 15 is 0 Å². The van der Waals surface area contributed by atoms with E-state index in [-0.39, 0.29) is 30.0 Å². The number of halogens is 1. The normalized spacial score (nSPS) is 14.7. The molecule has 148 valence electrons. The molecule has 1 fully saturated rings. The van der Waals surface area contributed by atoms with E-state index in [0.29, 0.717) is 15.8 Å². The van der Waals surface area contributed by atoms with Gasteiger partial charge in [0.1, 0.15) is 0 Å². The smallest absolute Gasteiger partial charge is 0.291 e. The number of thiophene rings is 1. The van der Waals surface area contributed by atoms with Crippen LogP contribution >= 0.6 is 23.7 Å². The van der Waals surface area contributed by atoms with Gasteiger partial charge in [-0.15, -0.1) is 23.7 Å². The molecule has 2 aromatic rings. The van der Waals surface area contributed by atoms with Gasteiger partial charge >= 0.3 is 0 Å². The number of piperidine rings is 1. The van der Waals surface area contributed by atoms with Gasteiger partial charge in [0.15, 0.2) is 5.76 Å². The first-order chi connectivity index (χ1) is 12.6. The molecule has 0 bridgehead atoms. The fourth-order valence-electron chi connectivity index (χ4n) is 3.17. The lowest BCUT2D eigenvalue weighted by atomic mass is 9.96. The second-order valence-corrected chi connectivity index (χ2v) is 7.65. The second-order valence-electron chi connectivity index (χ2n) is 6.60. The minimum Gasteiger partial charge on any atom is -0.459 e. The number of amides is 2. The van der Waals surface area contributed by atoms with E-state index < -0.39 is 0 Å². The molecule has 0 saturated carbocycles. The maximum Gasteiger partial charge on any atom is 0.291 e. The Kier molecular flexibility index (Phi) is 7.89. The Balaban J connectivity index is 0.00000261. The molecule has 6 nitrogen and oxygen atoms in total. The number of carbonyl (C=O) groups is 2. The molecular weight excluding hydrogens is 386 g/mol. The van der Waals surface area contributed by atoms with Crippen molar-refractivity contribution in [3.63, 3.8) is 0 Å². The Morgan fingerprint density at radius 2 is 2.07 bits per heavy atom. The van der Waals surface area contributed by atoms with E-state index in [1.165, 1.54) is 17.6 Å². The molecule has 0 radical (unpaired) electrons. The molecule has 27 heavy (non-hydrogen) atoms. The summed E-state index contributed by atoms with van der Waals surface area (Å²) in [6.45, 7) is 7.62. The molecule has 2 aromatic heterocycles. The van der Waals surface area contributed by atoms with Gasteiger partial charge in [0.25, 0.3) is 11.8 Å². The number of aryl methyl sites for hydroxylation is 1. The van der Waals surface area contributed by atoms with Crippen LogP contribution in [0, 0.1) is 12.8 Å². The Morgan fingerprint density at radius 3 is 2.70 bits per heavy atom. The van der Waals surface area contributed by atoms with E-state index in [2.05, 4.69) is 17.6 Å².